The highest BCUT2D eigenvalue weighted by atomic mass is 79.9. The summed E-state index contributed by atoms with van der Waals surface area (Å²) in [7, 11) is 0. The smallest absolute Gasteiger partial charge is 0.404 e. The number of non-ortho nitro benzene ring substituents is 1. The predicted molar refractivity (Wildman–Crippen MR) is 132 cm³/mol. The normalized spacial score (nSPS) is 10.8. The Balaban J connectivity index is 1.51. The molecular formula is C22H15BrClN5O7. The van der Waals surface area contributed by atoms with Crippen LogP contribution in [0, 0.1) is 27.2 Å². The number of benzene rings is 2. The van der Waals surface area contributed by atoms with Crippen molar-refractivity contribution in [3.8, 4) is 11.5 Å². The van der Waals surface area contributed by atoms with Crippen LogP contribution in [0.15, 0.2) is 63.6 Å². The van der Waals surface area contributed by atoms with Crippen LogP contribution in [0.3, 0.4) is 0 Å². The molecule has 0 aliphatic rings. The molecule has 0 fully saturated rings. The van der Waals surface area contributed by atoms with E-state index in [1.165, 1.54) is 41.2 Å². The molecule has 14 heteroatoms. The van der Waals surface area contributed by atoms with E-state index in [-0.39, 0.29) is 39.7 Å². The second kappa shape index (κ2) is 10.2. The average Bonchev–Trinajstić information content (AvgIpc) is 3.43. The highest BCUT2D eigenvalue weighted by molar-refractivity contribution is 9.10. The maximum absolute atomic E-state index is 12.7. The summed E-state index contributed by atoms with van der Waals surface area (Å²) >= 11 is 9.09. The number of amides is 1. The Morgan fingerprint density at radius 3 is 2.58 bits per heavy atom. The maximum atomic E-state index is 12.7. The second-order valence-corrected chi connectivity index (χ2v) is 8.72. The van der Waals surface area contributed by atoms with Gasteiger partial charge in [-0.05, 0) is 63.7 Å². The van der Waals surface area contributed by atoms with Crippen LogP contribution < -0.4 is 10.1 Å². The molecule has 0 saturated heterocycles. The van der Waals surface area contributed by atoms with Gasteiger partial charge < -0.3 is 24.6 Å². The molecule has 12 nitrogen and oxygen atoms in total. The Morgan fingerprint density at radius 1 is 1.14 bits per heavy atom. The molecule has 2 aromatic carbocycles. The number of carbonyl (C=O) groups excluding carboxylic acids is 1. The van der Waals surface area contributed by atoms with Crippen LogP contribution in [-0.4, -0.2) is 25.5 Å². The Kier molecular flexibility index (Phi) is 7.03. The van der Waals surface area contributed by atoms with Crippen molar-refractivity contribution in [2.45, 2.75) is 13.5 Å². The summed E-state index contributed by atoms with van der Waals surface area (Å²) in [6.07, 6.45) is 1.41. The molecule has 2 heterocycles. The zero-order valence-electron chi connectivity index (χ0n) is 18.3. The van der Waals surface area contributed by atoms with Crippen molar-refractivity contribution in [1.29, 1.82) is 0 Å². The number of aryl methyl sites for hydroxylation is 1. The van der Waals surface area contributed by atoms with Gasteiger partial charge in [0, 0.05) is 17.2 Å². The Hall–Kier alpha value is -4.23. The lowest BCUT2D eigenvalue weighted by atomic mass is 10.2. The van der Waals surface area contributed by atoms with Crippen molar-refractivity contribution in [2.24, 2.45) is 0 Å². The van der Waals surface area contributed by atoms with Crippen molar-refractivity contribution in [3.05, 3.63) is 102 Å². The topological polar surface area (TPSA) is 156 Å². The molecule has 0 bridgehead atoms. The van der Waals surface area contributed by atoms with Crippen molar-refractivity contribution in [3.63, 3.8) is 0 Å². The average molecular weight is 577 g/mol. The lowest BCUT2D eigenvalue weighted by Crippen LogP contribution is -2.11. The third kappa shape index (κ3) is 5.70. The van der Waals surface area contributed by atoms with Crippen molar-refractivity contribution in [2.75, 3.05) is 5.32 Å². The van der Waals surface area contributed by atoms with E-state index in [0.717, 1.165) is 5.56 Å². The number of hydrogen-bond acceptors (Lipinski definition) is 8. The molecule has 1 amide bonds. The summed E-state index contributed by atoms with van der Waals surface area (Å²) in [5, 5.41) is 29.3. The third-order valence-electron chi connectivity index (χ3n) is 4.80. The molecule has 2 aromatic heterocycles. The van der Waals surface area contributed by atoms with E-state index in [4.69, 9.17) is 20.8 Å². The van der Waals surface area contributed by atoms with Gasteiger partial charge in [0.1, 0.15) is 28.3 Å². The zero-order chi connectivity index (χ0) is 26.0. The summed E-state index contributed by atoms with van der Waals surface area (Å²) in [5.41, 5.74) is 0.581. The maximum Gasteiger partial charge on any atom is 0.404 e. The van der Waals surface area contributed by atoms with Gasteiger partial charge in [-0.25, -0.2) is 0 Å². The molecule has 36 heavy (non-hydrogen) atoms. The fraction of sp³-hybridized carbons (Fsp3) is 0.0909. The highest BCUT2D eigenvalue weighted by Gasteiger charge is 2.20. The SMILES string of the molecule is Cc1cc(Oc2cc(NC(=O)c3ccc(Cn4cc(Br)c([N+](=O)[O-])n4)o3)cc([N+](=O)[O-])c2)ccc1Cl. The Bertz CT molecular complexity index is 1500. The number of furan rings is 1. The first-order chi connectivity index (χ1) is 17.1. The van der Waals surface area contributed by atoms with E-state index in [1.807, 2.05) is 0 Å². The fourth-order valence-corrected chi connectivity index (χ4v) is 3.74. The van der Waals surface area contributed by atoms with Crippen LogP contribution in [-0.2, 0) is 6.54 Å². The molecule has 0 aliphatic heterocycles. The van der Waals surface area contributed by atoms with Crippen LogP contribution >= 0.6 is 27.5 Å². The Labute approximate surface area is 215 Å². The van der Waals surface area contributed by atoms with Gasteiger partial charge in [-0.1, -0.05) is 11.6 Å². The number of anilines is 1. The van der Waals surface area contributed by atoms with Gasteiger partial charge in [0.05, 0.1) is 28.0 Å². The van der Waals surface area contributed by atoms with Gasteiger partial charge in [-0.15, -0.1) is 0 Å². The van der Waals surface area contributed by atoms with Crippen LogP contribution in [0.2, 0.25) is 5.02 Å². The molecule has 0 spiro atoms. The van der Waals surface area contributed by atoms with E-state index in [2.05, 4.69) is 26.3 Å². The van der Waals surface area contributed by atoms with Gasteiger partial charge in [0.25, 0.3) is 11.6 Å². The number of nitro benzene ring substituents is 1. The first-order valence-corrected chi connectivity index (χ1v) is 11.3. The van der Waals surface area contributed by atoms with Crippen molar-refractivity contribution < 1.29 is 23.8 Å². The quantitative estimate of drug-likeness (QED) is 0.194. The molecule has 4 aromatic rings. The number of hydrogen-bond donors (Lipinski definition) is 1. The molecule has 1 N–H and O–H groups in total. The number of aromatic nitrogens is 2. The van der Waals surface area contributed by atoms with E-state index >= 15 is 0 Å². The molecule has 0 atom stereocenters. The number of nitrogens with zero attached hydrogens (tertiary/aromatic N) is 4. The summed E-state index contributed by atoms with van der Waals surface area (Å²) < 4.78 is 12.7. The lowest BCUT2D eigenvalue weighted by molar-refractivity contribution is -0.390. The third-order valence-corrected chi connectivity index (χ3v) is 5.78. The highest BCUT2D eigenvalue weighted by Crippen LogP contribution is 2.31. The summed E-state index contributed by atoms with van der Waals surface area (Å²) in [4.78, 5) is 33.8. The lowest BCUT2D eigenvalue weighted by Gasteiger charge is -2.10. The zero-order valence-corrected chi connectivity index (χ0v) is 20.6. The summed E-state index contributed by atoms with van der Waals surface area (Å²) in [6.45, 7) is 1.83. The van der Waals surface area contributed by atoms with Crippen LogP contribution in [0.4, 0.5) is 17.2 Å². The van der Waals surface area contributed by atoms with Gasteiger partial charge in [-0.2, -0.15) is 4.68 Å². The summed E-state index contributed by atoms with van der Waals surface area (Å²) in [5.74, 6) is -0.234. The van der Waals surface area contributed by atoms with E-state index < -0.39 is 15.8 Å². The molecule has 0 saturated carbocycles. The van der Waals surface area contributed by atoms with Crippen molar-refractivity contribution >= 4 is 50.6 Å². The first kappa shape index (κ1) is 24.9. The molecule has 0 radical (unpaired) electrons. The molecule has 184 valence electrons. The van der Waals surface area contributed by atoms with Crippen LogP contribution in [0.5, 0.6) is 11.5 Å². The molecule has 0 unspecified atom stereocenters. The van der Waals surface area contributed by atoms with Crippen LogP contribution in [0.25, 0.3) is 0 Å². The van der Waals surface area contributed by atoms with E-state index in [0.29, 0.717) is 16.5 Å². The number of nitro groups is 2. The van der Waals surface area contributed by atoms with Gasteiger partial charge in [0.15, 0.2) is 5.76 Å². The minimum Gasteiger partial charge on any atom is -0.457 e. The first-order valence-electron chi connectivity index (χ1n) is 10.1. The largest absolute Gasteiger partial charge is 0.457 e. The second-order valence-electron chi connectivity index (χ2n) is 7.46. The van der Waals surface area contributed by atoms with Crippen molar-refractivity contribution in [1.82, 2.24) is 9.78 Å². The number of halogens is 2. The van der Waals surface area contributed by atoms with Crippen LogP contribution in [0.1, 0.15) is 21.9 Å². The van der Waals surface area contributed by atoms with E-state index in [1.54, 1.807) is 25.1 Å². The monoisotopic (exact) mass is 575 g/mol. The van der Waals surface area contributed by atoms with E-state index in [9.17, 15) is 25.0 Å². The minimum absolute atomic E-state index is 0.0367. The minimum atomic E-state index is -0.664. The fourth-order valence-electron chi connectivity index (χ4n) is 3.17. The molecule has 0 aliphatic carbocycles. The summed E-state index contributed by atoms with van der Waals surface area (Å²) in [6, 6.07) is 11.7. The number of ether oxygens (including phenoxy) is 1. The van der Waals surface area contributed by atoms with Gasteiger partial charge >= 0.3 is 5.82 Å². The number of nitrogens with one attached hydrogen (secondary N) is 1. The molecule has 4 rings (SSSR count). The van der Waals surface area contributed by atoms with Gasteiger partial charge in [-0.3, -0.25) is 14.9 Å². The molecular weight excluding hydrogens is 562 g/mol. The Morgan fingerprint density at radius 2 is 1.92 bits per heavy atom. The predicted octanol–water partition coefficient (Wildman–Crippen LogP) is 6.11. The standard InChI is InChI=1S/C22H15BrClN5O7/c1-12-6-15(2-4-19(12)24)35-17-8-13(7-14(9-17)28(31)32)25-22(30)20-5-3-16(36-20)10-27-11-18(23)21(26-27)29(33)34/h2-9,11H,10H2,1H3,(H,25,30). The number of carbonyl (C=O) groups is 1. The number of rotatable bonds is 8. The van der Waals surface area contributed by atoms with Gasteiger partial charge in [0.2, 0.25) is 0 Å².